The van der Waals surface area contributed by atoms with Gasteiger partial charge in [0, 0.05) is 11.6 Å². The van der Waals surface area contributed by atoms with Crippen LogP contribution in [0.25, 0.3) is 0 Å². The van der Waals surface area contributed by atoms with Gasteiger partial charge in [-0.2, -0.15) is 0 Å². The molecule has 0 radical (unpaired) electrons. The Morgan fingerprint density at radius 2 is 1.95 bits per heavy atom. The molecule has 0 aromatic rings. The van der Waals surface area contributed by atoms with Crippen molar-refractivity contribution in [2.45, 2.75) is 70.7 Å². The average molecular weight is 328 g/mol. The maximum atomic E-state index is 11.3. The van der Waals surface area contributed by atoms with Gasteiger partial charge in [0.05, 0.1) is 6.61 Å². The minimum atomic E-state index is -1.85. The summed E-state index contributed by atoms with van der Waals surface area (Å²) in [5.74, 6) is -0.995. The van der Waals surface area contributed by atoms with Crippen LogP contribution in [-0.2, 0) is 23.4 Å². The number of ether oxygens (including phenoxy) is 3. The largest absolute Gasteiger partial charge is 0.458 e. The Labute approximate surface area is 134 Å². The van der Waals surface area contributed by atoms with Crippen molar-refractivity contribution in [2.24, 2.45) is 0 Å². The van der Waals surface area contributed by atoms with Crippen LogP contribution < -0.4 is 0 Å². The van der Waals surface area contributed by atoms with Crippen molar-refractivity contribution in [3.8, 4) is 0 Å². The molecule has 0 aliphatic carbocycles. The highest BCUT2D eigenvalue weighted by Crippen LogP contribution is 2.38. The molecule has 0 saturated carbocycles. The van der Waals surface area contributed by atoms with Crippen molar-refractivity contribution in [2.75, 3.05) is 13.2 Å². The van der Waals surface area contributed by atoms with Crippen LogP contribution in [-0.4, -0.2) is 45.5 Å². The zero-order valence-electron chi connectivity index (χ0n) is 14.7. The number of cyclic esters (lactones) is 1. The summed E-state index contributed by atoms with van der Waals surface area (Å²) in [5, 5.41) is 0.142. The van der Waals surface area contributed by atoms with Crippen LogP contribution in [0.1, 0.15) is 34.6 Å². The molecule has 0 aromatic carbocycles. The SMILES string of the molecule is CC1(C)O[C@H](C2=CC(=O)OC2)[C@@H](CO[Si](C)(C)C(C)(C)C)O1. The zero-order chi connectivity index (χ0) is 16.8. The smallest absolute Gasteiger partial charge is 0.331 e. The molecular formula is C16H28O5Si. The van der Waals surface area contributed by atoms with Gasteiger partial charge in [0.2, 0.25) is 0 Å². The van der Waals surface area contributed by atoms with Gasteiger partial charge < -0.3 is 18.6 Å². The average Bonchev–Trinajstić information content (AvgIpc) is 2.88. The van der Waals surface area contributed by atoms with Crippen LogP contribution >= 0.6 is 0 Å². The lowest BCUT2D eigenvalue weighted by Crippen LogP contribution is -2.44. The first-order chi connectivity index (χ1) is 9.91. The molecule has 1 saturated heterocycles. The minimum absolute atomic E-state index is 0.142. The Bertz CT molecular complexity index is 475. The van der Waals surface area contributed by atoms with E-state index < -0.39 is 14.1 Å². The van der Waals surface area contributed by atoms with Gasteiger partial charge >= 0.3 is 5.97 Å². The van der Waals surface area contributed by atoms with E-state index in [4.69, 9.17) is 18.6 Å². The molecule has 6 heteroatoms. The highest BCUT2D eigenvalue weighted by Gasteiger charge is 2.46. The van der Waals surface area contributed by atoms with Gasteiger partial charge in [-0.25, -0.2) is 4.79 Å². The minimum Gasteiger partial charge on any atom is -0.458 e. The summed E-state index contributed by atoms with van der Waals surface area (Å²) in [6.45, 7) is 15.6. The molecule has 0 amide bonds. The zero-order valence-corrected chi connectivity index (χ0v) is 15.7. The summed E-state index contributed by atoms with van der Waals surface area (Å²) in [6, 6.07) is 0. The van der Waals surface area contributed by atoms with Crippen LogP contribution in [0.3, 0.4) is 0 Å². The molecule has 0 spiro atoms. The van der Waals surface area contributed by atoms with Crippen molar-refractivity contribution in [1.82, 2.24) is 0 Å². The lowest BCUT2D eigenvalue weighted by Gasteiger charge is -2.37. The van der Waals surface area contributed by atoms with Gasteiger partial charge in [-0.05, 0) is 32.0 Å². The summed E-state index contributed by atoms with van der Waals surface area (Å²) in [6.07, 6.45) is 1.01. The molecule has 1 fully saturated rings. The van der Waals surface area contributed by atoms with Crippen LogP contribution in [0, 0.1) is 0 Å². The second-order valence-electron chi connectivity index (χ2n) is 7.99. The van der Waals surface area contributed by atoms with Crippen LogP contribution in [0.5, 0.6) is 0 Å². The van der Waals surface area contributed by atoms with E-state index >= 15 is 0 Å². The number of carbonyl (C=O) groups is 1. The third-order valence-electron chi connectivity index (χ3n) is 4.65. The molecule has 5 nitrogen and oxygen atoms in total. The molecular weight excluding hydrogens is 300 g/mol. The van der Waals surface area contributed by atoms with E-state index in [1.807, 2.05) is 13.8 Å². The lowest BCUT2D eigenvalue weighted by atomic mass is 10.1. The van der Waals surface area contributed by atoms with E-state index in [-0.39, 0.29) is 29.8 Å². The monoisotopic (exact) mass is 328 g/mol. The summed E-state index contributed by atoms with van der Waals surface area (Å²) in [5.41, 5.74) is 0.833. The van der Waals surface area contributed by atoms with E-state index in [1.165, 1.54) is 6.08 Å². The van der Waals surface area contributed by atoms with E-state index in [1.54, 1.807) is 0 Å². The van der Waals surface area contributed by atoms with Crippen molar-refractivity contribution < 1.29 is 23.4 Å². The van der Waals surface area contributed by atoms with Gasteiger partial charge in [0.15, 0.2) is 14.1 Å². The van der Waals surface area contributed by atoms with Crippen LogP contribution in [0.15, 0.2) is 11.6 Å². The van der Waals surface area contributed by atoms with Crippen LogP contribution in [0.2, 0.25) is 18.1 Å². The van der Waals surface area contributed by atoms with Gasteiger partial charge in [-0.1, -0.05) is 20.8 Å². The van der Waals surface area contributed by atoms with Gasteiger partial charge in [0.1, 0.15) is 18.8 Å². The number of hydrogen-bond donors (Lipinski definition) is 0. The first-order valence-corrected chi connectivity index (χ1v) is 10.7. The quantitative estimate of drug-likeness (QED) is 0.586. The second-order valence-corrected chi connectivity index (χ2v) is 12.8. The first-order valence-electron chi connectivity index (χ1n) is 7.78. The van der Waals surface area contributed by atoms with E-state index in [9.17, 15) is 4.79 Å². The number of hydrogen-bond acceptors (Lipinski definition) is 5. The topological polar surface area (TPSA) is 54.0 Å². The molecule has 0 bridgehead atoms. The lowest BCUT2D eigenvalue weighted by molar-refractivity contribution is -0.146. The molecule has 0 N–H and O–H groups in total. The molecule has 22 heavy (non-hydrogen) atoms. The summed E-state index contributed by atoms with van der Waals surface area (Å²) < 4.78 is 23.2. The molecule has 2 atom stereocenters. The third-order valence-corrected chi connectivity index (χ3v) is 9.15. The highest BCUT2D eigenvalue weighted by molar-refractivity contribution is 6.74. The standard InChI is InChI=1S/C16H28O5Si/c1-15(2,3)22(6,7)19-10-12-14(21-16(4,5)20-12)11-8-13(17)18-9-11/h8,12,14H,9-10H2,1-7H3/t12-,14-/m1/s1. The fraction of sp³-hybridized carbons (Fsp3) is 0.812. The Hall–Kier alpha value is -0.693. The van der Waals surface area contributed by atoms with Crippen molar-refractivity contribution in [3.05, 3.63) is 11.6 Å². The number of esters is 1. The predicted molar refractivity (Wildman–Crippen MR) is 86.0 cm³/mol. The van der Waals surface area contributed by atoms with Crippen molar-refractivity contribution >= 4 is 14.3 Å². The van der Waals surface area contributed by atoms with Crippen molar-refractivity contribution in [1.29, 1.82) is 0 Å². The molecule has 2 rings (SSSR count). The molecule has 126 valence electrons. The Kier molecular flexibility index (Phi) is 4.61. The third kappa shape index (κ3) is 3.79. The first kappa shape index (κ1) is 17.7. The fourth-order valence-electron chi connectivity index (χ4n) is 2.33. The molecule has 0 aromatic heterocycles. The van der Waals surface area contributed by atoms with Gasteiger partial charge in [-0.15, -0.1) is 0 Å². The highest BCUT2D eigenvalue weighted by atomic mass is 28.4. The van der Waals surface area contributed by atoms with E-state index in [0.717, 1.165) is 5.57 Å². The summed E-state index contributed by atoms with van der Waals surface area (Å²) in [7, 11) is -1.85. The van der Waals surface area contributed by atoms with E-state index in [0.29, 0.717) is 6.61 Å². The predicted octanol–water partition coefficient (Wildman–Crippen LogP) is 3.01. The number of carbonyl (C=O) groups excluding carboxylic acids is 1. The fourth-order valence-corrected chi connectivity index (χ4v) is 3.35. The molecule has 0 unspecified atom stereocenters. The van der Waals surface area contributed by atoms with Crippen molar-refractivity contribution in [3.63, 3.8) is 0 Å². The van der Waals surface area contributed by atoms with Crippen LogP contribution in [0.4, 0.5) is 0 Å². The van der Waals surface area contributed by atoms with Gasteiger partial charge in [0.25, 0.3) is 0 Å². The summed E-state index contributed by atoms with van der Waals surface area (Å²) in [4.78, 5) is 11.3. The second kappa shape index (κ2) is 5.74. The van der Waals surface area contributed by atoms with Gasteiger partial charge in [-0.3, -0.25) is 0 Å². The Morgan fingerprint density at radius 3 is 2.45 bits per heavy atom. The van der Waals surface area contributed by atoms with E-state index in [2.05, 4.69) is 33.9 Å². The maximum absolute atomic E-state index is 11.3. The summed E-state index contributed by atoms with van der Waals surface area (Å²) >= 11 is 0. The normalized spacial score (nSPS) is 28.7. The number of rotatable bonds is 4. The molecule has 2 heterocycles. The molecule has 2 aliphatic heterocycles. The Morgan fingerprint density at radius 1 is 1.32 bits per heavy atom. The molecule has 2 aliphatic rings. The maximum Gasteiger partial charge on any atom is 0.331 e. The Balaban J connectivity index is 2.08.